The SMILES string of the molecule is C=CCn1c(=O)n(CC=C)c(=O)n(CC(=O)N[C@@H](C)c2cc3ccccc3o2)c1=O. The topological polar surface area (TPSA) is 108 Å². The molecule has 0 saturated carbocycles. The molecule has 2 aromatic heterocycles. The number of fused-ring (bicyclic) bond motifs is 1. The third-order valence-electron chi connectivity index (χ3n) is 4.56. The van der Waals surface area contributed by atoms with E-state index in [1.807, 2.05) is 30.3 Å². The Labute approximate surface area is 171 Å². The molecule has 0 spiro atoms. The summed E-state index contributed by atoms with van der Waals surface area (Å²) in [6, 6.07) is 8.75. The second kappa shape index (κ2) is 8.64. The predicted molar refractivity (Wildman–Crippen MR) is 112 cm³/mol. The molecule has 9 heteroatoms. The number of carbonyl (C=O) groups excluding carboxylic acids is 1. The number of allylic oxidation sites excluding steroid dienone is 2. The molecule has 3 rings (SSSR count). The highest BCUT2D eigenvalue weighted by molar-refractivity contribution is 5.79. The monoisotopic (exact) mass is 410 g/mol. The summed E-state index contributed by atoms with van der Waals surface area (Å²) in [7, 11) is 0. The fraction of sp³-hybridized carbons (Fsp3) is 0.238. The van der Waals surface area contributed by atoms with Gasteiger partial charge in [-0.1, -0.05) is 30.4 Å². The van der Waals surface area contributed by atoms with Crippen LogP contribution in [-0.2, 0) is 24.4 Å². The Balaban J connectivity index is 1.89. The van der Waals surface area contributed by atoms with Crippen molar-refractivity contribution in [2.75, 3.05) is 0 Å². The molecule has 0 aliphatic carbocycles. The van der Waals surface area contributed by atoms with Crippen molar-refractivity contribution in [2.45, 2.75) is 32.6 Å². The van der Waals surface area contributed by atoms with Gasteiger partial charge in [0.2, 0.25) is 5.91 Å². The largest absolute Gasteiger partial charge is 0.459 e. The summed E-state index contributed by atoms with van der Waals surface area (Å²) < 4.78 is 8.13. The lowest BCUT2D eigenvalue weighted by Gasteiger charge is -2.14. The third kappa shape index (κ3) is 3.95. The van der Waals surface area contributed by atoms with E-state index in [0.717, 1.165) is 19.1 Å². The Morgan fingerprint density at radius 2 is 1.60 bits per heavy atom. The number of amides is 1. The lowest BCUT2D eigenvalue weighted by molar-refractivity contribution is -0.122. The van der Waals surface area contributed by atoms with Gasteiger partial charge in [-0.15, -0.1) is 13.2 Å². The summed E-state index contributed by atoms with van der Waals surface area (Å²) in [6.45, 7) is 8.03. The summed E-state index contributed by atoms with van der Waals surface area (Å²) in [5.74, 6) is -0.0336. The van der Waals surface area contributed by atoms with Gasteiger partial charge in [-0.3, -0.25) is 4.79 Å². The highest BCUT2D eigenvalue weighted by Crippen LogP contribution is 2.23. The van der Waals surface area contributed by atoms with Crippen LogP contribution in [0.15, 0.2) is 74.4 Å². The fourth-order valence-electron chi connectivity index (χ4n) is 3.11. The molecular weight excluding hydrogens is 388 g/mol. The van der Waals surface area contributed by atoms with Crippen molar-refractivity contribution in [3.63, 3.8) is 0 Å². The van der Waals surface area contributed by atoms with Gasteiger partial charge in [-0.05, 0) is 19.1 Å². The van der Waals surface area contributed by atoms with E-state index in [0.29, 0.717) is 11.3 Å². The molecule has 30 heavy (non-hydrogen) atoms. The molecule has 1 amide bonds. The summed E-state index contributed by atoms with van der Waals surface area (Å²) in [6.07, 6.45) is 2.72. The molecule has 0 aliphatic heterocycles. The van der Waals surface area contributed by atoms with Gasteiger partial charge in [0.15, 0.2) is 0 Å². The first-order chi connectivity index (χ1) is 14.4. The first kappa shape index (κ1) is 20.8. The molecule has 3 aromatic rings. The van der Waals surface area contributed by atoms with Crippen molar-refractivity contribution in [1.29, 1.82) is 0 Å². The zero-order chi connectivity index (χ0) is 21.8. The Hall–Kier alpha value is -3.88. The van der Waals surface area contributed by atoms with Gasteiger partial charge in [0.25, 0.3) is 0 Å². The molecule has 1 N–H and O–H groups in total. The number of nitrogens with zero attached hydrogens (tertiary/aromatic N) is 3. The van der Waals surface area contributed by atoms with Crippen molar-refractivity contribution in [3.05, 3.63) is 92.9 Å². The molecule has 2 heterocycles. The summed E-state index contributed by atoms with van der Waals surface area (Å²) in [5, 5.41) is 3.61. The molecule has 0 unspecified atom stereocenters. The molecule has 0 aliphatic rings. The molecule has 0 radical (unpaired) electrons. The molecule has 0 saturated heterocycles. The van der Waals surface area contributed by atoms with Crippen LogP contribution >= 0.6 is 0 Å². The number of nitrogens with one attached hydrogen (secondary N) is 1. The van der Waals surface area contributed by atoms with E-state index in [2.05, 4.69) is 18.5 Å². The molecular formula is C21H22N4O5. The van der Waals surface area contributed by atoms with Crippen molar-refractivity contribution in [2.24, 2.45) is 0 Å². The summed E-state index contributed by atoms with van der Waals surface area (Å²) in [5.41, 5.74) is -1.85. The van der Waals surface area contributed by atoms with Crippen LogP contribution in [0.25, 0.3) is 11.0 Å². The zero-order valence-electron chi connectivity index (χ0n) is 16.5. The second-order valence-electron chi connectivity index (χ2n) is 6.71. The molecule has 156 valence electrons. The van der Waals surface area contributed by atoms with Crippen LogP contribution in [0.4, 0.5) is 0 Å². The normalized spacial score (nSPS) is 11.9. The van der Waals surface area contributed by atoms with Crippen LogP contribution in [0, 0.1) is 0 Å². The minimum atomic E-state index is -0.878. The van der Waals surface area contributed by atoms with Gasteiger partial charge >= 0.3 is 17.1 Å². The summed E-state index contributed by atoms with van der Waals surface area (Å²) >= 11 is 0. The van der Waals surface area contributed by atoms with Gasteiger partial charge in [-0.2, -0.15) is 0 Å². The predicted octanol–water partition coefficient (Wildman–Crippen LogP) is 1.17. The Kier molecular flexibility index (Phi) is 6.01. The Morgan fingerprint density at radius 3 is 2.17 bits per heavy atom. The van der Waals surface area contributed by atoms with Crippen LogP contribution in [0.3, 0.4) is 0 Å². The van der Waals surface area contributed by atoms with Crippen LogP contribution in [0.2, 0.25) is 0 Å². The number of carbonyl (C=O) groups is 1. The van der Waals surface area contributed by atoms with Crippen molar-refractivity contribution < 1.29 is 9.21 Å². The maximum atomic E-state index is 12.6. The van der Waals surface area contributed by atoms with Crippen molar-refractivity contribution in [1.82, 2.24) is 19.0 Å². The van der Waals surface area contributed by atoms with Gasteiger partial charge in [0.05, 0.1) is 19.1 Å². The number of hydrogen-bond acceptors (Lipinski definition) is 5. The van der Waals surface area contributed by atoms with Gasteiger partial charge < -0.3 is 9.73 Å². The third-order valence-corrected chi connectivity index (χ3v) is 4.56. The second-order valence-corrected chi connectivity index (χ2v) is 6.71. The van der Waals surface area contributed by atoms with Crippen molar-refractivity contribution in [3.8, 4) is 0 Å². The van der Waals surface area contributed by atoms with Gasteiger partial charge in [0, 0.05) is 5.39 Å². The van der Waals surface area contributed by atoms with E-state index >= 15 is 0 Å². The lowest BCUT2D eigenvalue weighted by Crippen LogP contribution is -2.55. The van der Waals surface area contributed by atoms with Crippen molar-refractivity contribution >= 4 is 16.9 Å². The molecule has 0 fully saturated rings. The highest BCUT2D eigenvalue weighted by Gasteiger charge is 2.19. The standard InChI is InChI=1S/C21H22N4O5/c1-4-10-23-19(27)24(11-5-2)21(29)25(20(23)28)13-18(26)22-14(3)17-12-15-8-6-7-9-16(15)30-17/h4-9,12,14H,1-2,10-11,13H2,3H3,(H,22,26)/t14-/m0/s1. The number of aromatic nitrogens is 3. The average molecular weight is 410 g/mol. The van der Waals surface area contributed by atoms with Crippen LogP contribution < -0.4 is 22.4 Å². The molecule has 1 atom stereocenters. The summed E-state index contributed by atoms with van der Waals surface area (Å²) in [4.78, 5) is 50.1. The van der Waals surface area contributed by atoms with E-state index in [1.165, 1.54) is 12.2 Å². The zero-order valence-corrected chi connectivity index (χ0v) is 16.5. The van der Waals surface area contributed by atoms with Gasteiger partial charge in [-0.25, -0.2) is 28.1 Å². The van der Waals surface area contributed by atoms with E-state index in [9.17, 15) is 19.2 Å². The molecule has 1 aromatic carbocycles. The number of furan rings is 1. The maximum Gasteiger partial charge on any atom is 0.337 e. The Bertz CT molecular complexity index is 1210. The first-order valence-corrected chi connectivity index (χ1v) is 9.31. The quantitative estimate of drug-likeness (QED) is 0.561. The Morgan fingerprint density at radius 1 is 1.03 bits per heavy atom. The van der Waals surface area contributed by atoms with E-state index in [4.69, 9.17) is 4.42 Å². The average Bonchev–Trinajstić information content (AvgIpc) is 3.16. The maximum absolute atomic E-state index is 12.6. The lowest BCUT2D eigenvalue weighted by atomic mass is 10.2. The molecule has 0 bridgehead atoms. The number of rotatable bonds is 8. The minimum Gasteiger partial charge on any atom is -0.459 e. The minimum absolute atomic E-state index is 0.0912. The van der Waals surface area contributed by atoms with Crippen LogP contribution in [-0.4, -0.2) is 19.6 Å². The van der Waals surface area contributed by atoms with Crippen LogP contribution in [0.1, 0.15) is 18.7 Å². The van der Waals surface area contributed by atoms with Crippen LogP contribution in [0.5, 0.6) is 0 Å². The number of benzene rings is 1. The first-order valence-electron chi connectivity index (χ1n) is 9.31. The highest BCUT2D eigenvalue weighted by atomic mass is 16.3. The molecule has 9 nitrogen and oxygen atoms in total. The van der Waals surface area contributed by atoms with E-state index < -0.39 is 35.6 Å². The van der Waals surface area contributed by atoms with Gasteiger partial charge in [0.1, 0.15) is 17.9 Å². The number of para-hydroxylation sites is 1. The fourth-order valence-corrected chi connectivity index (χ4v) is 3.11. The smallest absolute Gasteiger partial charge is 0.337 e. The van der Waals surface area contributed by atoms with E-state index in [-0.39, 0.29) is 13.1 Å². The number of hydrogen-bond donors (Lipinski definition) is 1. The van der Waals surface area contributed by atoms with E-state index in [1.54, 1.807) is 6.92 Å².